The van der Waals surface area contributed by atoms with E-state index < -0.39 is 10.0 Å². The Labute approximate surface area is 128 Å². The third-order valence-electron chi connectivity index (χ3n) is 4.35. The molecule has 0 heterocycles. The summed E-state index contributed by atoms with van der Waals surface area (Å²) in [5.41, 5.74) is 6.31. The van der Waals surface area contributed by atoms with Crippen molar-refractivity contribution in [3.05, 3.63) is 29.8 Å². The van der Waals surface area contributed by atoms with Crippen molar-refractivity contribution in [2.75, 3.05) is 0 Å². The lowest BCUT2D eigenvalue weighted by Crippen LogP contribution is -2.38. The fraction of sp³-hybridized carbons (Fsp3) is 0.625. The Morgan fingerprint density at radius 2 is 1.86 bits per heavy atom. The first-order valence-electron chi connectivity index (χ1n) is 7.87. The predicted molar refractivity (Wildman–Crippen MR) is 85.3 cm³/mol. The molecule has 1 aromatic rings. The zero-order chi connectivity index (χ0) is 15.3. The second-order valence-electron chi connectivity index (χ2n) is 5.94. The smallest absolute Gasteiger partial charge is 0.241 e. The number of benzene rings is 1. The van der Waals surface area contributed by atoms with Crippen molar-refractivity contribution in [1.29, 1.82) is 0 Å². The summed E-state index contributed by atoms with van der Waals surface area (Å²) in [4.78, 5) is 0.322. The quantitative estimate of drug-likeness (QED) is 0.848. The van der Waals surface area contributed by atoms with Gasteiger partial charge in [-0.15, -0.1) is 0 Å². The third kappa shape index (κ3) is 4.28. The lowest BCUT2D eigenvalue weighted by Gasteiger charge is -2.29. The minimum atomic E-state index is -3.46. The predicted octanol–water partition coefficient (Wildman–Crippen LogP) is 2.78. The Morgan fingerprint density at radius 3 is 2.48 bits per heavy atom. The maximum absolute atomic E-state index is 12.5. The van der Waals surface area contributed by atoms with Gasteiger partial charge in [-0.1, -0.05) is 38.0 Å². The largest absolute Gasteiger partial charge is 0.326 e. The molecule has 0 amide bonds. The van der Waals surface area contributed by atoms with Crippen LogP contribution < -0.4 is 10.5 Å². The number of hydrogen-bond donors (Lipinski definition) is 2. The Kier molecular flexibility index (Phi) is 5.79. The molecular weight excluding hydrogens is 284 g/mol. The van der Waals surface area contributed by atoms with E-state index in [1.807, 2.05) is 6.07 Å². The molecule has 1 saturated carbocycles. The van der Waals surface area contributed by atoms with Crippen LogP contribution in [0.4, 0.5) is 0 Å². The molecule has 0 atom stereocenters. The van der Waals surface area contributed by atoms with Gasteiger partial charge in [0.15, 0.2) is 0 Å². The molecular formula is C16H26N2O2S. The highest BCUT2D eigenvalue weighted by atomic mass is 32.2. The molecule has 1 fully saturated rings. The Balaban J connectivity index is 2.02. The molecule has 0 aliphatic heterocycles. The summed E-state index contributed by atoms with van der Waals surface area (Å²) in [6, 6.07) is 7.03. The van der Waals surface area contributed by atoms with Crippen molar-refractivity contribution in [3.8, 4) is 0 Å². The summed E-state index contributed by atoms with van der Waals surface area (Å²) in [6.07, 6.45) is 6.60. The van der Waals surface area contributed by atoms with Gasteiger partial charge in [-0.2, -0.15) is 0 Å². The molecule has 1 aliphatic rings. The Morgan fingerprint density at radius 1 is 1.19 bits per heavy atom. The first-order chi connectivity index (χ1) is 10.1. The number of hydrogen-bond acceptors (Lipinski definition) is 3. The lowest BCUT2D eigenvalue weighted by atomic mass is 9.84. The van der Waals surface area contributed by atoms with E-state index in [9.17, 15) is 8.42 Å². The van der Waals surface area contributed by atoms with E-state index in [2.05, 4.69) is 11.6 Å². The van der Waals surface area contributed by atoms with Crippen LogP contribution in [0.2, 0.25) is 0 Å². The Bertz CT molecular complexity index is 549. The summed E-state index contributed by atoms with van der Waals surface area (Å²) < 4.78 is 27.9. The zero-order valence-corrected chi connectivity index (χ0v) is 13.5. The molecule has 0 spiro atoms. The average Bonchev–Trinajstić information content (AvgIpc) is 2.49. The highest BCUT2D eigenvalue weighted by Gasteiger charge is 2.26. The van der Waals surface area contributed by atoms with Gasteiger partial charge in [0, 0.05) is 12.6 Å². The standard InChI is InChI=1S/C16H26N2O2S/c1-2-5-13-8-10-15(11-9-13)18-21(19,20)16-7-4-3-6-14(16)12-17/h3-4,6-7,13,15,18H,2,5,8-12,17H2,1H3. The molecule has 1 aromatic carbocycles. The normalized spacial score (nSPS) is 23.1. The summed E-state index contributed by atoms with van der Waals surface area (Å²) in [5.74, 6) is 0.770. The lowest BCUT2D eigenvalue weighted by molar-refractivity contribution is 0.297. The van der Waals surface area contributed by atoms with Crippen molar-refractivity contribution in [1.82, 2.24) is 4.72 Å². The van der Waals surface area contributed by atoms with E-state index in [4.69, 9.17) is 5.73 Å². The van der Waals surface area contributed by atoms with E-state index in [1.165, 1.54) is 12.8 Å². The van der Waals surface area contributed by atoms with Gasteiger partial charge in [-0.3, -0.25) is 0 Å². The molecule has 21 heavy (non-hydrogen) atoms. The maximum atomic E-state index is 12.5. The third-order valence-corrected chi connectivity index (χ3v) is 5.97. The monoisotopic (exact) mass is 310 g/mol. The molecule has 0 saturated heterocycles. The van der Waals surface area contributed by atoms with E-state index in [-0.39, 0.29) is 12.6 Å². The van der Waals surface area contributed by atoms with Crippen molar-refractivity contribution in [2.45, 2.75) is 62.9 Å². The van der Waals surface area contributed by atoms with Crippen LogP contribution in [-0.4, -0.2) is 14.5 Å². The highest BCUT2D eigenvalue weighted by Crippen LogP contribution is 2.28. The van der Waals surface area contributed by atoms with Gasteiger partial charge in [0.2, 0.25) is 10.0 Å². The van der Waals surface area contributed by atoms with Crippen molar-refractivity contribution in [2.24, 2.45) is 11.7 Å². The van der Waals surface area contributed by atoms with Crippen molar-refractivity contribution in [3.63, 3.8) is 0 Å². The van der Waals surface area contributed by atoms with Gasteiger partial charge in [-0.05, 0) is 43.2 Å². The van der Waals surface area contributed by atoms with Crippen LogP contribution in [0.3, 0.4) is 0 Å². The van der Waals surface area contributed by atoms with Crippen molar-refractivity contribution >= 4 is 10.0 Å². The van der Waals surface area contributed by atoms with Crippen LogP contribution >= 0.6 is 0 Å². The highest BCUT2D eigenvalue weighted by molar-refractivity contribution is 7.89. The van der Waals surface area contributed by atoms with Crippen LogP contribution in [0, 0.1) is 5.92 Å². The minimum absolute atomic E-state index is 0.0638. The summed E-state index contributed by atoms with van der Waals surface area (Å²) in [7, 11) is -3.46. The molecule has 0 unspecified atom stereocenters. The summed E-state index contributed by atoms with van der Waals surface area (Å²) in [6.45, 7) is 2.44. The number of rotatable bonds is 6. The molecule has 118 valence electrons. The number of nitrogens with one attached hydrogen (secondary N) is 1. The molecule has 1 aliphatic carbocycles. The SMILES string of the molecule is CCCC1CCC(NS(=O)(=O)c2ccccc2CN)CC1. The minimum Gasteiger partial charge on any atom is -0.326 e. The molecule has 0 aromatic heterocycles. The van der Waals surface area contributed by atoms with Crippen LogP contribution in [0.25, 0.3) is 0 Å². The van der Waals surface area contributed by atoms with Crippen LogP contribution in [-0.2, 0) is 16.6 Å². The summed E-state index contributed by atoms with van der Waals surface area (Å²) in [5, 5.41) is 0. The second-order valence-corrected chi connectivity index (χ2v) is 7.62. The van der Waals surface area contributed by atoms with E-state index in [1.54, 1.807) is 18.2 Å². The van der Waals surface area contributed by atoms with Gasteiger partial charge in [0.25, 0.3) is 0 Å². The molecule has 0 radical (unpaired) electrons. The second kappa shape index (κ2) is 7.38. The van der Waals surface area contributed by atoms with Gasteiger partial charge >= 0.3 is 0 Å². The van der Waals surface area contributed by atoms with Gasteiger partial charge < -0.3 is 5.73 Å². The van der Waals surface area contributed by atoms with Crippen LogP contribution in [0.5, 0.6) is 0 Å². The van der Waals surface area contributed by atoms with Crippen molar-refractivity contribution < 1.29 is 8.42 Å². The first kappa shape index (κ1) is 16.5. The Hall–Kier alpha value is -0.910. The van der Waals surface area contributed by atoms with Crippen LogP contribution in [0.1, 0.15) is 51.0 Å². The summed E-state index contributed by atoms with van der Waals surface area (Å²) >= 11 is 0. The van der Waals surface area contributed by atoms with E-state index in [0.29, 0.717) is 10.5 Å². The van der Waals surface area contributed by atoms with Gasteiger partial charge in [-0.25, -0.2) is 13.1 Å². The average molecular weight is 310 g/mol. The fourth-order valence-corrected chi connectivity index (χ4v) is 4.75. The van der Waals surface area contributed by atoms with Gasteiger partial charge in [0.05, 0.1) is 4.90 Å². The topological polar surface area (TPSA) is 72.2 Å². The number of nitrogens with two attached hydrogens (primary N) is 1. The van der Waals surface area contributed by atoms with E-state index >= 15 is 0 Å². The van der Waals surface area contributed by atoms with Gasteiger partial charge in [0.1, 0.15) is 0 Å². The fourth-order valence-electron chi connectivity index (χ4n) is 3.19. The van der Waals surface area contributed by atoms with Crippen LogP contribution in [0.15, 0.2) is 29.2 Å². The molecule has 0 bridgehead atoms. The molecule has 3 N–H and O–H groups in total. The molecule has 2 rings (SSSR count). The molecule has 4 nitrogen and oxygen atoms in total. The first-order valence-corrected chi connectivity index (χ1v) is 9.35. The molecule has 5 heteroatoms. The maximum Gasteiger partial charge on any atom is 0.241 e. The van der Waals surface area contributed by atoms with E-state index in [0.717, 1.165) is 31.6 Å². The zero-order valence-electron chi connectivity index (χ0n) is 12.7. The number of sulfonamides is 1.